The van der Waals surface area contributed by atoms with Gasteiger partial charge >= 0.3 is 0 Å². The minimum Gasteiger partial charge on any atom is -0.313 e. The Balaban J connectivity index is 1.32. The van der Waals surface area contributed by atoms with Gasteiger partial charge in [-0.2, -0.15) is 5.10 Å². The summed E-state index contributed by atoms with van der Waals surface area (Å²) in [5, 5.41) is 9.74. The Morgan fingerprint density at radius 2 is 1.45 bits per heavy atom. The van der Waals surface area contributed by atoms with Crippen molar-refractivity contribution in [1.82, 2.24) is 15.1 Å². The summed E-state index contributed by atoms with van der Waals surface area (Å²) in [6.07, 6.45) is 4.77. The molecule has 5 heteroatoms. The number of aromatic nitrogens is 2. The quantitative estimate of drug-likeness (QED) is 0.312. The Morgan fingerprint density at radius 3 is 2.24 bits per heavy atom. The molecule has 0 aliphatic heterocycles. The Labute approximate surface area is 194 Å². The van der Waals surface area contributed by atoms with E-state index in [0.717, 1.165) is 55.4 Å². The lowest BCUT2D eigenvalue weighted by molar-refractivity contribution is 0.506. The third-order valence-corrected chi connectivity index (χ3v) is 5.87. The minimum absolute atomic E-state index is 0.0435. The van der Waals surface area contributed by atoms with Crippen LogP contribution in [0.5, 0.6) is 0 Å². The average molecular weight is 444 g/mol. The number of aryl methyl sites for hydroxylation is 1. The van der Waals surface area contributed by atoms with Crippen LogP contribution in [0.3, 0.4) is 0 Å². The fourth-order valence-corrected chi connectivity index (χ4v) is 4.08. The maximum Gasteiger partial charge on any atom is 0.274 e. The van der Waals surface area contributed by atoms with Crippen molar-refractivity contribution in [1.29, 1.82) is 0 Å². The Bertz CT molecular complexity index is 1220. The van der Waals surface area contributed by atoms with E-state index >= 15 is 0 Å². The number of halogens is 1. The number of hydrogen-bond acceptors (Lipinski definition) is 3. The number of benzene rings is 3. The van der Waals surface area contributed by atoms with Crippen LogP contribution in [0.1, 0.15) is 42.5 Å². The van der Waals surface area contributed by atoms with E-state index in [4.69, 9.17) is 5.10 Å². The van der Waals surface area contributed by atoms with Crippen molar-refractivity contribution in [3.8, 4) is 0 Å². The molecule has 4 aromatic rings. The summed E-state index contributed by atoms with van der Waals surface area (Å²) in [5.74, 6) is -0.253. The lowest BCUT2D eigenvalue weighted by Crippen LogP contribution is -2.25. The molecule has 0 radical (unpaired) electrons. The van der Waals surface area contributed by atoms with Crippen molar-refractivity contribution in [2.24, 2.45) is 0 Å². The normalized spacial score (nSPS) is 11.2. The zero-order valence-corrected chi connectivity index (χ0v) is 18.8. The van der Waals surface area contributed by atoms with Crippen LogP contribution in [0.15, 0.2) is 83.7 Å². The van der Waals surface area contributed by atoms with Gasteiger partial charge in [-0.05, 0) is 48.7 Å². The van der Waals surface area contributed by atoms with E-state index in [-0.39, 0.29) is 11.4 Å². The molecule has 1 N–H and O–H groups in total. The largest absolute Gasteiger partial charge is 0.313 e. The van der Waals surface area contributed by atoms with Crippen LogP contribution in [0.25, 0.3) is 10.8 Å². The maximum absolute atomic E-state index is 13.3. The highest BCUT2D eigenvalue weighted by atomic mass is 19.1. The number of fused-ring (bicyclic) bond motifs is 1. The van der Waals surface area contributed by atoms with Gasteiger partial charge in [-0.15, -0.1) is 0 Å². The summed E-state index contributed by atoms with van der Waals surface area (Å²) in [6, 6.07) is 24.5. The maximum atomic E-state index is 13.3. The number of nitrogens with one attached hydrogen (secondary N) is 1. The molecule has 3 aromatic carbocycles. The van der Waals surface area contributed by atoms with Gasteiger partial charge in [0.1, 0.15) is 5.82 Å². The van der Waals surface area contributed by atoms with Gasteiger partial charge < -0.3 is 5.32 Å². The van der Waals surface area contributed by atoms with E-state index in [2.05, 4.69) is 29.6 Å². The summed E-state index contributed by atoms with van der Waals surface area (Å²) in [6.45, 7) is 2.50. The molecule has 0 saturated carbocycles. The van der Waals surface area contributed by atoms with E-state index in [0.29, 0.717) is 18.4 Å². The summed E-state index contributed by atoms with van der Waals surface area (Å²) < 4.78 is 14.9. The van der Waals surface area contributed by atoms with Crippen LogP contribution in [0, 0.1) is 5.82 Å². The number of unbranched alkanes of at least 4 members (excludes halogenated alkanes) is 3. The van der Waals surface area contributed by atoms with Crippen LogP contribution >= 0.6 is 0 Å². The third kappa shape index (κ3) is 6.36. The standard InChI is InChI=1S/C28H30FN3O/c29-24-16-14-22(15-17-24)20-27-25-12-6-7-13-26(25)28(33)32(31-27)19-9-2-1-8-18-30-21-23-10-4-3-5-11-23/h3-7,10-17,30H,1-2,8-9,18-21H2. The summed E-state index contributed by atoms with van der Waals surface area (Å²) in [5.41, 5.74) is 3.08. The Kier molecular flexibility index (Phi) is 7.99. The van der Waals surface area contributed by atoms with Crippen LogP contribution in [-0.4, -0.2) is 16.3 Å². The second-order valence-corrected chi connectivity index (χ2v) is 8.40. The van der Waals surface area contributed by atoms with Gasteiger partial charge in [-0.3, -0.25) is 4.79 Å². The van der Waals surface area contributed by atoms with E-state index in [1.807, 2.05) is 30.3 Å². The van der Waals surface area contributed by atoms with Crippen molar-refractivity contribution in [3.63, 3.8) is 0 Å². The lowest BCUT2D eigenvalue weighted by Gasteiger charge is -2.11. The van der Waals surface area contributed by atoms with Crippen LogP contribution < -0.4 is 10.9 Å². The van der Waals surface area contributed by atoms with E-state index < -0.39 is 0 Å². The molecule has 170 valence electrons. The first kappa shape index (κ1) is 22.9. The number of rotatable bonds is 11. The topological polar surface area (TPSA) is 46.9 Å². The molecular weight excluding hydrogens is 413 g/mol. The van der Waals surface area contributed by atoms with Gasteiger partial charge in [-0.1, -0.05) is 73.5 Å². The van der Waals surface area contributed by atoms with Crippen LogP contribution in [-0.2, 0) is 19.5 Å². The van der Waals surface area contributed by atoms with Gasteiger partial charge in [0.2, 0.25) is 0 Å². The minimum atomic E-state index is -0.253. The molecule has 1 aromatic heterocycles. The third-order valence-electron chi connectivity index (χ3n) is 5.87. The molecule has 4 rings (SSSR count). The predicted molar refractivity (Wildman–Crippen MR) is 132 cm³/mol. The molecule has 33 heavy (non-hydrogen) atoms. The lowest BCUT2D eigenvalue weighted by atomic mass is 10.0. The first-order valence-electron chi connectivity index (χ1n) is 11.7. The fourth-order valence-electron chi connectivity index (χ4n) is 4.08. The molecule has 1 heterocycles. The molecule has 0 unspecified atom stereocenters. The molecule has 4 nitrogen and oxygen atoms in total. The van der Waals surface area contributed by atoms with Crippen molar-refractivity contribution in [2.45, 2.75) is 45.2 Å². The monoisotopic (exact) mass is 443 g/mol. The molecule has 0 aliphatic rings. The number of hydrogen-bond donors (Lipinski definition) is 1. The molecule has 0 fully saturated rings. The highest BCUT2D eigenvalue weighted by Gasteiger charge is 2.11. The van der Waals surface area contributed by atoms with Gasteiger partial charge in [-0.25, -0.2) is 9.07 Å². The first-order chi connectivity index (χ1) is 16.2. The second kappa shape index (κ2) is 11.5. The fraction of sp³-hybridized carbons (Fsp3) is 0.286. The second-order valence-electron chi connectivity index (χ2n) is 8.40. The smallest absolute Gasteiger partial charge is 0.274 e. The zero-order valence-electron chi connectivity index (χ0n) is 18.8. The summed E-state index contributed by atoms with van der Waals surface area (Å²) in [4.78, 5) is 13.0. The van der Waals surface area contributed by atoms with Gasteiger partial charge in [0.05, 0.1) is 11.1 Å². The molecule has 0 spiro atoms. The molecule has 0 amide bonds. The van der Waals surface area contributed by atoms with E-state index in [9.17, 15) is 9.18 Å². The van der Waals surface area contributed by atoms with Gasteiger partial charge in [0.15, 0.2) is 0 Å². The van der Waals surface area contributed by atoms with Crippen molar-refractivity contribution < 1.29 is 4.39 Å². The van der Waals surface area contributed by atoms with Gasteiger partial charge in [0, 0.05) is 24.9 Å². The predicted octanol–water partition coefficient (Wildman–Crippen LogP) is 5.48. The molecular formula is C28H30FN3O. The molecule has 0 atom stereocenters. The van der Waals surface area contributed by atoms with Crippen molar-refractivity contribution >= 4 is 10.8 Å². The van der Waals surface area contributed by atoms with Crippen LogP contribution in [0.4, 0.5) is 4.39 Å². The van der Waals surface area contributed by atoms with Gasteiger partial charge in [0.25, 0.3) is 5.56 Å². The number of nitrogens with zero attached hydrogens (tertiary/aromatic N) is 2. The van der Waals surface area contributed by atoms with Crippen LogP contribution in [0.2, 0.25) is 0 Å². The SMILES string of the molecule is O=c1c2ccccc2c(Cc2ccc(F)cc2)nn1CCCCCCNCc1ccccc1. The zero-order chi connectivity index (χ0) is 22.9. The highest BCUT2D eigenvalue weighted by molar-refractivity contribution is 5.83. The van der Waals surface area contributed by atoms with E-state index in [1.165, 1.54) is 17.7 Å². The summed E-state index contributed by atoms with van der Waals surface area (Å²) in [7, 11) is 0. The Hall–Kier alpha value is -3.31. The average Bonchev–Trinajstić information content (AvgIpc) is 2.85. The van der Waals surface area contributed by atoms with Crippen molar-refractivity contribution in [2.75, 3.05) is 6.54 Å². The molecule has 0 aliphatic carbocycles. The highest BCUT2D eigenvalue weighted by Crippen LogP contribution is 2.17. The first-order valence-corrected chi connectivity index (χ1v) is 11.7. The summed E-state index contributed by atoms with van der Waals surface area (Å²) >= 11 is 0. The molecule has 0 saturated heterocycles. The Morgan fingerprint density at radius 1 is 0.758 bits per heavy atom. The van der Waals surface area contributed by atoms with E-state index in [1.54, 1.807) is 16.8 Å². The molecule has 0 bridgehead atoms. The van der Waals surface area contributed by atoms with Crippen molar-refractivity contribution in [3.05, 3.63) is 112 Å².